The highest BCUT2D eigenvalue weighted by molar-refractivity contribution is 9.10. The fourth-order valence-corrected chi connectivity index (χ4v) is 1.61. The summed E-state index contributed by atoms with van der Waals surface area (Å²) < 4.78 is 23.8. The van der Waals surface area contributed by atoms with Crippen LogP contribution in [0.5, 0.6) is 11.5 Å². The zero-order valence-corrected chi connectivity index (χ0v) is 7.73. The molecule has 2 nitrogen and oxygen atoms in total. The van der Waals surface area contributed by atoms with Crippen molar-refractivity contribution in [3.05, 3.63) is 22.4 Å². The Hall–Kier alpha value is -0.770. The molecule has 0 amide bonds. The Morgan fingerprint density at radius 2 is 2.00 bits per heavy atom. The van der Waals surface area contributed by atoms with Crippen LogP contribution in [0.2, 0.25) is 0 Å². The van der Waals surface area contributed by atoms with Crippen molar-refractivity contribution in [3.8, 4) is 11.5 Å². The minimum absolute atomic E-state index is 0.328. The summed E-state index contributed by atoms with van der Waals surface area (Å²) in [5.41, 5.74) is 0. The molecule has 0 spiro atoms. The lowest BCUT2D eigenvalue weighted by Gasteiger charge is -2.19. The lowest BCUT2D eigenvalue weighted by molar-refractivity contribution is 0.169. The maximum atomic E-state index is 12.8. The minimum atomic E-state index is -0.328. The summed E-state index contributed by atoms with van der Waals surface area (Å²) in [6.45, 7) is 0.986. The molecule has 0 radical (unpaired) electrons. The van der Waals surface area contributed by atoms with Gasteiger partial charge in [0.2, 0.25) is 0 Å². The van der Waals surface area contributed by atoms with Gasteiger partial charge in [-0.25, -0.2) is 4.39 Å². The van der Waals surface area contributed by atoms with Gasteiger partial charge < -0.3 is 9.47 Å². The first-order valence-electron chi connectivity index (χ1n) is 3.52. The van der Waals surface area contributed by atoms with Gasteiger partial charge in [-0.15, -0.1) is 0 Å². The first-order chi connectivity index (χ1) is 5.77. The molecule has 1 heterocycles. The van der Waals surface area contributed by atoms with Crippen molar-refractivity contribution in [2.45, 2.75) is 0 Å². The van der Waals surface area contributed by atoms with Crippen molar-refractivity contribution in [2.75, 3.05) is 13.2 Å². The van der Waals surface area contributed by atoms with Crippen molar-refractivity contribution in [1.29, 1.82) is 0 Å². The number of rotatable bonds is 0. The Bertz CT molecular complexity index is 314. The van der Waals surface area contributed by atoms with E-state index < -0.39 is 0 Å². The van der Waals surface area contributed by atoms with Crippen LogP contribution in [0, 0.1) is 5.82 Å². The number of halogens is 2. The predicted octanol–water partition coefficient (Wildman–Crippen LogP) is 2.36. The highest BCUT2D eigenvalue weighted by atomic mass is 79.9. The van der Waals surface area contributed by atoms with E-state index in [0.29, 0.717) is 29.2 Å². The third-order valence-electron chi connectivity index (χ3n) is 1.56. The predicted molar refractivity (Wildman–Crippen MR) is 45.1 cm³/mol. The Labute approximate surface area is 77.4 Å². The van der Waals surface area contributed by atoms with Crippen molar-refractivity contribution in [3.63, 3.8) is 0 Å². The summed E-state index contributed by atoms with van der Waals surface area (Å²) in [6.07, 6.45) is 0. The van der Waals surface area contributed by atoms with E-state index in [1.165, 1.54) is 12.1 Å². The largest absolute Gasteiger partial charge is 0.486 e. The van der Waals surface area contributed by atoms with Crippen molar-refractivity contribution in [2.24, 2.45) is 0 Å². The smallest absolute Gasteiger partial charge is 0.175 e. The summed E-state index contributed by atoms with van der Waals surface area (Å²) in [5.74, 6) is 0.724. The molecule has 1 aromatic carbocycles. The van der Waals surface area contributed by atoms with Crippen molar-refractivity contribution < 1.29 is 13.9 Å². The lowest BCUT2D eigenvalue weighted by Crippen LogP contribution is -2.15. The van der Waals surface area contributed by atoms with Gasteiger partial charge in [-0.05, 0) is 22.0 Å². The van der Waals surface area contributed by atoms with E-state index in [1.54, 1.807) is 0 Å². The first kappa shape index (κ1) is 7.86. The van der Waals surface area contributed by atoms with Crippen LogP contribution < -0.4 is 9.47 Å². The summed E-state index contributed by atoms with van der Waals surface area (Å²) >= 11 is 3.19. The molecule has 4 heteroatoms. The van der Waals surface area contributed by atoms with Crippen LogP contribution in [-0.2, 0) is 0 Å². The molecule has 64 valence electrons. The van der Waals surface area contributed by atoms with Crippen LogP contribution in [0.3, 0.4) is 0 Å². The molecule has 0 unspecified atom stereocenters. The molecule has 2 rings (SSSR count). The molecule has 0 N–H and O–H groups in total. The van der Waals surface area contributed by atoms with Crippen LogP contribution in [0.1, 0.15) is 0 Å². The Balaban J connectivity index is 2.53. The molecule has 0 saturated heterocycles. The Morgan fingerprint density at radius 3 is 2.83 bits per heavy atom. The molecule has 0 aromatic heterocycles. The highest BCUT2D eigenvalue weighted by Crippen LogP contribution is 2.37. The van der Waals surface area contributed by atoms with Crippen LogP contribution >= 0.6 is 15.9 Å². The van der Waals surface area contributed by atoms with Gasteiger partial charge in [0.25, 0.3) is 0 Å². The second kappa shape index (κ2) is 2.94. The van der Waals surface area contributed by atoms with E-state index in [1.807, 2.05) is 0 Å². The summed E-state index contributed by atoms with van der Waals surface area (Å²) in [6, 6.07) is 2.67. The standard InChI is InChI=1S/C8H6BrFO2/c9-6-3-5(10)4-7-8(6)12-2-1-11-7/h3-4H,1-2H2. The monoisotopic (exact) mass is 232 g/mol. The van der Waals surface area contributed by atoms with Gasteiger partial charge in [0, 0.05) is 6.07 Å². The van der Waals surface area contributed by atoms with Gasteiger partial charge in [-0.3, -0.25) is 0 Å². The average Bonchev–Trinajstić information content (AvgIpc) is 2.04. The maximum Gasteiger partial charge on any atom is 0.175 e. The summed E-state index contributed by atoms with van der Waals surface area (Å²) in [7, 11) is 0. The van der Waals surface area contributed by atoms with E-state index in [-0.39, 0.29) is 5.82 Å². The Kier molecular flexibility index (Phi) is 1.92. The van der Waals surface area contributed by atoms with E-state index in [0.717, 1.165) is 0 Å². The molecular formula is C8H6BrFO2. The number of fused-ring (bicyclic) bond motifs is 1. The van der Waals surface area contributed by atoms with E-state index >= 15 is 0 Å². The van der Waals surface area contributed by atoms with Crippen molar-refractivity contribution >= 4 is 15.9 Å². The molecule has 0 saturated carbocycles. The molecule has 12 heavy (non-hydrogen) atoms. The molecular weight excluding hydrogens is 227 g/mol. The molecule has 0 bridgehead atoms. The van der Waals surface area contributed by atoms with Crippen LogP contribution in [0.4, 0.5) is 4.39 Å². The molecule has 0 aliphatic carbocycles. The summed E-state index contributed by atoms with van der Waals surface area (Å²) in [4.78, 5) is 0. The van der Waals surface area contributed by atoms with E-state index in [2.05, 4.69) is 15.9 Å². The van der Waals surface area contributed by atoms with Gasteiger partial charge >= 0.3 is 0 Å². The third-order valence-corrected chi connectivity index (χ3v) is 2.15. The molecule has 1 aromatic rings. The molecule has 1 aliphatic rings. The third kappa shape index (κ3) is 1.27. The quantitative estimate of drug-likeness (QED) is 0.684. The van der Waals surface area contributed by atoms with Gasteiger partial charge in [-0.2, -0.15) is 0 Å². The zero-order chi connectivity index (χ0) is 8.55. The number of hydrogen-bond acceptors (Lipinski definition) is 2. The summed E-state index contributed by atoms with van der Waals surface area (Å²) in [5, 5.41) is 0. The fraction of sp³-hybridized carbons (Fsp3) is 0.250. The number of ether oxygens (including phenoxy) is 2. The fourth-order valence-electron chi connectivity index (χ4n) is 1.08. The maximum absolute atomic E-state index is 12.8. The topological polar surface area (TPSA) is 18.5 Å². The highest BCUT2D eigenvalue weighted by Gasteiger charge is 2.15. The minimum Gasteiger partial charge on any atom is -0.486 e. The van der Waals surface area contributed by atoms with Gasteiger partial charge in [0.1, 0.15) is 19.0 Å². The van der Waals surface area contributed by atoms with E-state index in [4.69, 9.17) is 9.47 Å². The normalized spacial score (nSPS) is 14.5. The van der Waals surface area contributed by atoms with Gasteiger partial charge in [-0.1, -0.05) is 0 Å². The number of benzene rings is 1. The second-order valence-electron chi connectivity index (χ2n) is 2.41. The molecule has 1 aliphatic heterocycles. The van der Waals surface area contributed by atoms with Gasteiger partial charge in [0.15, 0.2) is 11.5 Å². The molecule has 0 fully saturated rings. The van der Waals surface area contributed by atoms with Crippen molar-refractivity contribution in [1.82, 2.24) is 0 Å². The lowest BCUT2D eigenvalue weighted by atomic mass is 10.3. The van der Waals surface area contributed by atoms with Crippen LogP contribution in [0.25, 0.3) is 0 Å². The average molecular weight is 233 g/mol. The van der Waals surface area contributed by atoms with Crippen LogP contribution in [0.15, 0.2) is 16.6 Å². The number of hydrogen-bond donors (Lipinski definition) is 0. The molecule has 0 atom stereocenters. The van der Waals surface area contributed by atoms with Crippen LogP contribution in [-0.4, -0.2) is 13.2 Å². The van der Waals surface area contributed by atoms with E-state index in [9.17, 15) is 4.39 Å². The zero-order valence-electron chi connectivity index (χ0n) is 6.14. The SMILES string of the molecule is Fc1cc(Br)c2c(c1)OCCO2. The van der Waals surface area contributed by atoms with Gasteiger partial charge in [0.05, 0.1) is 4.47 Å². The Morgan fingerprint density at radius 1 is 1.25 bits per heavy atom. The first-order valence-corrected chi connectivity index (χ1v) is 4.31. The second-order valence-corrected chi connectivity index (χ2v) is 3.27.